The van der Waals surface area contributed by atoms with E-state index >= 15 is 0 Å². The number of carbonyl (C=O) groups is 1. The number of methoxy groups -OCH3 is 1. The Labute approximate surface area is 206 Å². The number of halogens is 1. The lowest BCUT2D eigenvalue weighted by Crippen LogP contribution is -2.13. The predicted molar refractivity (Wildman–Crippen MR) is 136 cm³/mol. The molecule has 6 nitrogen and oxygen atoms in total. The van der Waals surface area contributed by atoms with E-state index in [0.717, 1.165) is 9.13 Å². The number of aryl methyl sites for hydroxylation is 2. The lowest BCUT2D eigenvalue weighted by Gasteiger charge is -2.14. The highest BCUT2D eigenvalue weighted by Gasteiger charge is 2.14. The fourth-order valence-electron chi connectivity index (χ4n) is 3.33. The molecule has 0 saturated heterocycles. The first-order valence-electron chi connectivity index (χ1n) is 10.1. The molecule has 0 heterocycles. The molecule has 1 amide bonds. The number of nitrogens with one attached hydrogen (secondary N) is 1. The van der Waals surface area contributed by atoms with Crippen molar-refractivity contribution in [2.45, 2.75) is 20.5 Å². The highest BCUT2D eigenvalue weighted by molar-refractivity contribution is 14.1. The smallest absolute Gasteiger partial charge is 0.266 e. The molecule has 3 aromatic carbocycles. The Kier molecular flexibility index (Phi) is 7.96. The van der Waals surface area contributed by atoms with Gasteiger partial charge >= 0.3 is 0 Å². The van der Waals surface area contributed by atoms with E-state index in [-0.39, 0.29) is 11.3 Å². The summed E-state index contributed by atoms with van der Waals surface area (Å²) in [6.45, 7) is 4.49. The summed E-state index contributed by atoms with van der Waals surface area (Å²) in [6.07, 6.45) is 1.49. The highest BCUT2D eigenvalue weighted by Crippen LogP contribution is 2.35. The summed E-state index contributed by atoms with van der Waals surface area (Å²) in [5.41, 5.74) is 4.45. The van der Waals surface area contributed by atoms with E-state index in [2.05, 4.69) is 46.1 Å². The number of ether oxygens (including phenoxy) is 2. The van der Waals surface area contributed by atoms with E-state index in [0.29, 0.717) is 29.4 Å². The first-order chi connectivity index (χ1) is 15.8. The Bertz CT molecular complexity index is 1220. The number of nitriles is 1. The van der Waals surface area contributed by atoms with Crippen LogP contribution >= 0.6 is 22.6 Å². The second-order valence-corrected chi connectivity index (χ2v) is 8.65. The molecule has 0 saturated carbocycles. The number of rotatable bonds is 7. The number of anilines is 1. The number of aromatic hydroxyl groups is 1. The zero-order valence-corrected chi connectivity index (χ0v) is 20.6. The molecule has 0 fully saturated rings. The van der Waals surface area contributed by atoms with Gasteiger partial charge in [0.05, 0.1) is 10.7 Å². The molecule has 0 atom stereocenters. The van der Waals surface area contributed by atoms with Gasteiger partial charge in [0, 0.05) is 5.69 Å². The van der Waals surface area contributed by atoms with Crippen LogP contribution in [-0.2, 0) is 11.4 Å². The molecule has 168 valence electrons. The normalized spacial score (nSPS) is 10.9. The van der Waals surface area contributed by atoms with Crippen molar-refractivity contribution in [3.63, 3.8) is 0 Å². The summed E-state index contributed by atoms with van der Waals surface area (Å²) in [4.78, 5) is 12.5. The van der Waals surface area contributed by atoms with E-state index < -0.39 is 5.91 Å². The third-order valence-electron chi connectivity index (χ3n) is 4.72. The molecular weight excluding hydrogens is 531 g/mol. The Balaban J connectivity index is 1.82. The molecule has 0 aliphatic heterocycles. The Morgan fingerprint density at radius 2 is 1.79 bits per heavy atom. The minimum atomic E-state index is -0.549. The molecule has 0 spiro atoms. The Hall–Kier alpha value is -3.51. The van der Waals surface area contributed by atoms with Gasteiger partial charge in [-0.3, -0.25) is 4.79 Å². The van der Waals surface area contributed by atoms with Crippen molar-refractivity contribution in [3.05, 3.63) is 86.0 Å². The van der Waals surface area contributed by atoms with Crippen molar-refractivity contribution in [3.8, 4) is 23.3 Å². The molecule has 0 unspecified atom stereocenters. The second-order valence-electron chi connectivity index (χ2n) is 7.49. The summed E-state index contributed by atoms with van der Waals surface area (Å²) in [5.74, 6) is 0.646. The fourth-order valence-corrected chi connectivity index (χ4v) is 4.11. The summed E-state index contributed by atoms with van der Waals surface area (Å²) in [6, 6.07) is 17.8. The molecule has 33 heavy (non-hydrogen) atoms. The van der Waals surface area contributed by atoms with Gasteiger partial charge in [-0.2, -0.15) is 5.26 Å². The maximum Gasteiger partial charge on any atom is 0.266 e. The number of nitrogens with zero attached hydrogens (tertiary/aromatic N) is 1. The fraction of sp³-hybridized carbons (Fsp3) is 0.154. The van der Waals surface area contributed by atoms with Crippen LogP contribution in [0.5, 0.6) is 17.2 Å². The van der Waals surface area contributed by atoms with Crippen LogP contribution in [0.15, 0.2) is 60.2 Å². The molecule has 0 aromatic heterocycles. The maximum atomic E-state index is 12.5. The molecule has 3 rings (SSSR count). The molecule has 7 heteroatoms. The first kappa shape index (κ1) is 24.1. The van der Waals surface area contributed by atoms with Gasteiger partial charge in [0.15, 0.2) is 11.5 Å². The monoisotopic (exact) mass is 554 g/mol. The number of carbonyl (C=O) groups excluding carboxylic acids is 1. The summed E-state index contributed by atoms with van der Waals surface area (Å²) < 4.78 is 12.4. The Morgan fingerprint density at radius 1 is 1.12 bits per heavy atom. The lowest BCUT2D eigenvalue weighted by molar-refractivity contribution is -0.112. The van der Waals surface area contributed by atoms with Gasteiger partial charge in [-0.15, -0.1) is 0 Å². The number of hydrogen-bond donors (Lipinski definition) is 2. The van der Waals surface area contributed by atoms with Crippen LogP contribution in [0.3, 0.4) is 0 Å². The van der Waals surface area contributed by atoms with Crippen LogP contribution in [0, 0.1) is 28.7 Å². The van der Waals surface area contributed by atoms with Crippen LogP contribution in [0.1, 0.15) is 22.3 Å². The molecule has 0 aliphatic rings. The zero-order chi connectivity index (χ0) is 24.0. The third kappa shape index (κ3) is 6.49. The van der Waals surface area contributed by atoms with Gasteiger partial charge < -0.3 is 19.9 Å². The highest BCUT2D eigenvalue weighted by atomic mass is 127. The number of amides is 1. The zero-order valence-electron chi connectivity index (χ0n) is 18.5. The molecular formula is C26H23IN2O4. The summed E-state index contributed by atoms with van der Waals surface area (Å²) in [5, 5.41) is 21.5. The van der Waals surface area contributed by atoms with Gasteiger partial charge in [0.2, 0.25) is 0 Å². The van der Waals surface area contributed by atoms with Crippen LogP contribution in [0.2, 0.25) is 0 Å². The van der Waals surface area contributed by atoms with Crippen molar-refractivity contribution < 1.29 is 19.4 Å². The van der Waals surface area contributed by atoms with Gasteiger partial charge in [-0.25, -0.2) is 0 Å². The van der Waals surface area contributed by atoms with E-state index in [9.17, 15) is 15.2 Å². The second kappa shape index (κ2) is 10.9. The van der Waals surface area contributed by atoms with Gasteiger partial charge in [-0.1, -0.05) is 29.3 Å². The number of phenols is 1. The largest absolute Gasteiger partial charge is 0.508 e. The van der Waals surface area contributed by atoms with Crippen molar-refractivity contribution in [2.75, 3.05) is 12.4 Å². The topological polar surface area (TPSA) is 91.6 Å². The average Bonchev–Trinajstić information content (AvgIpc) is 2.77. The van der Waals surface area contributed by atoms with Crippen molar-refractivity contribution in [2.24, 2.45) is 0 Å². The standard InChI is InChI=1S/C26H23IN2O4/c1-16-8-17(2)10-19(9-16)15-33-25-23(27)12-18(13-24(25)32-3)11-20(14-28)26(31)29-21-4-6-22(30)7-5-21/h4-13,30H,15H2,1-3H3,(H,29,31)/b20-11+. The number of benzene rings is 3. The quantitative estimate of drug-likeness (QED) is 0.168. The minimum Gasteiger partial charge on any atom is -0.508 e. The van der Waals surface area contributed by atoms with Crippen LogP contribution in [-0.4, -0.2) is 18.1 Å². The lowest BCUT2D eigenvalue weighted by atomic mass is 10.1. The van der Waals surface area contributed by atoms with E-state index in [1.54, 1.807) is 25.3 Å². The van der Waals surface area contributed by atoms with Crippen LogP contribution in [0.4, 0.5) is 5.69 Å². The summed E-state index contributed by atoms with van der Waals surface area (Å²) >= 11 is 2.15. The van der Waals surface area contributed by atoms with Gasteiger partial charge in [0.25, 0.3) is 5.91 Å². The minimum absolute atomic E-state index is 0.0650. The number of phenolic OH excluding ortho intramolecular Hbond substituents is 1. The molecule has 2 N–H and O–H groups in total. The third-order valence-corrected chi connectivity index (χ3v) is 5.52. The summed E-state index contributed by atoms with van der Waals surface area (Å²) in [7, 11) is 1.55. The van der Waals surface area contributed by atoms with Gasteiger partial charge in [-0.05, 0) is 90.0 Å². The van der Waals surface area contributed by atoms with Crippen LogP contribution < -0.4 is 14.8 Å². The molecule has 0 aliphatic carbocycles. The Morgan fingerprint density at radius 3 is 2.39 bits per heavy atom. The van der Waals surface area contributed by atoms with E-state index in [1.165, 1.54) is 29.3 Å². The molecule has 3 aromatic rings. The SMILES string of the molecule is COc1cc(/C=C(\C#N)C(=O)Nc2ccc(O)cc2)cc(I)c1OCc1cc(C)cc(C)c1. The maximum absolute atomic E-state index is 12.5. The first-order valence-corrected chi connectivity index (χ1v) is 11.2. The van der Waals surface area contributed by atoms with Crippen molar-refractivity contribution >= 4 is 40.3 Å². The van der Waals surface area contributed by atoms with Gasteiger partial charge in [0.1, 0.15) is 24.0 Å². The van der Waals surface area contributed by atoms with Crippen molar-refractivity contribution in [1.29, 1.82) is 5.26 Å². The average molecular weight is 554 g/mol. The number of hydrogen-bond acceptors (Lipinski definition) is 5. The van der Waals surface area contributed by atoms with Crippen LogP contribution in [0.25, 0.3) is 6.08 Å². The molecule has 0 radical (unpaired) electrons. The van der Waals surface area contributed by atoms with E-state index in [4.69, 9.17) is 9.47 Å². The van der Waals surface area contributed by atoms with E-state index in [1.807, 2.05) is 26.0 Å². The predicted octanol–water partition coefficient (Wildman–Crippen LogP) is 5.75. The molecule has 0 bridgehead atoms. The van der Waals surface area contributed by atoms with Crippen molar-refractivity contribution in [1.82, 2.24) is 0 Å².